The number of nitrogens with one attached hydrogen (secondary N) is 1. The van der Waals surface area contributed by atoms with Crippen LogP contribution in [0.1, 0.15) is 23.4 Å². The number of anilines is 1. The SMILES string of the molecule is Cc1cc(NCCCn2cnnc2)n2nc(C)c(C)c2n1. The van der Waals surface area contributed by atoms with E-state index in [2.05, 4.69) is 32.5 Å². The number of nitrogens with zero attached hydrogens (tertiary/aromatic N) is 6. The van der Waals surface area contributed by atoms with Crippen molar-refractivity contribution in [2.45, 2.75) is 33.7 Å². The zero-order chi connectivity index (χ0) is 14.8. The Morgan fingerprint density at radius 2 is 1.90 bits per heavy atom. The van der Waals surface area contributed by atoms with Crippen LogP contribution in [0.3, 0.4) is 0 Å². The van der Waals surface area contributed by atoms with Gasteiger partial charge in [0.1, 0.15) is 18.5 Å². The standard InChI is InChI=1S/C14H19N7/c1-10-7-13(15-5-4-6-20-8-16-17-9-20)21-14(18-10)11(2)12(3)19-21/h7-9,15H,4-6H2,1-3H3. The number of rotatable bonds is 5. The maximum atomic E-state index is 4.57. The van der Waals surface area contributed by atoms with Crippen molar-refractivity contribution in [2.24, 2.45) is 0 Å². The zero-order valence-corrected chi connectivity index (χ0v) is 12.5. The Kier molecular flexibility index (Phi) is 3.55. The van der Waals surface area contributed by atoms with Gasteiger partial charge in [0.25, 0.3) is 0 Å². The van der Waals surface area contributed by atoms with Crippen molar-refractivity contribution in [2.75, 3.05) is 11.9 Å². The summed E-state index contributed by atoms with van der Waals surface area (Å²) in [5, 5.41) is 15.6. The van der Waals surface area contributed by atoms with Crippen LogP contribution in [0.25, 0.3) is 5.65 Å². The van der Waals surface area contributed by atoms with Gasteiger partial charge >= 0.3 is 0 Å². The van der Waals surface area contributed by atoms with Gasteiger partial charge in [-0.3, -0.25) is 0 Å². The molecule has 0 aliphatic heterocycles. The molecule has 1 N–H and O–H groups in total. The molecule has 0 aromatic carbocycles. The summed E-state index contributed by atoms with van der Waals surface area (Å²) in [4.78, 5) is 4.57. The summed E-state index contributed by atoms with van der Waals surface area (Å²) in [5.74, 6) is 0.984. The molecular weight excluding hydrogens is 266 g/mol. The largest absolute Gasteiger partial charge is 0.370 e. The van der Waals surface area contributed by atoms with Crippen molar-refractivity contribution in [3.63, 3.8) is 0 Å². The molecule has 0 bridgehead atoms. The van der Waals surface area contributed by atoms with Crippen molar-refractivity contribution in [3.05, 3.63) is 35.7 Å². The highest BCUT2D eigenvalue weighted by Crippen LogP contribution is 2.18. The van der Waals surface area contributed by atoms with Gasteiger partial charge in [0, 0.05) is 30.4 Å². The second-order valence-electron chi connectivity index (χ2n) is 5.21. The molecular formula is C14H19N7. The minimum Gasteiger partial charge on any atom is -0.370 e. The molecule has 3 heterocycles. The lowest BCUT2D eigenvalue weighted by molar-refractivity contribution is 0.657. The summed E-state index contributed by atoms with van der Waals surface area (Å²) in [7, 11) is 0. The number of aromatic nitrogens is 6. The molecule has 0 spiro atoms. The van der Waals surface area contributed by atoms with Gasteiger partial charge < -0.3 is 9.88 Å². The first-order chi connectivity index (χ1) is 10.1. The fourth-order valence-corrected chi connectivity index (χ4v) is 2.29. The molecule has 110 valence electrons. The van der Waals surface area contributed by atoms with Crippen LogP contribution < -0.4 is 5.32 Å². The fraction of sp³-hybridized carbons (Fsp3) is 0.429. The van der Waals surface area contributed by atoms with E-state index in [4.69, 9.17) is 0 Å². The summed E-state index contributed by atoms with van der Waals surface area (Å²) < 4.78 is 3.85. The van der Waals surface area contributed by atoms with Crippen molar-refractivity contribution in [1.82, 2.24) is 29.4 Å². The van der Waals surface area contributed by atoms with E-state index in [1.807, 2.05) is 29.0 Å². The van der Waals surface area contributed by atoms with Crippen LogP contribution in [-0.2, 0) is 6.54 Å². The lowest BCUT2D eigenvalue weighted by Crippen LogP contribution is -2.10. The molecule has 3 aromatic rings. The average molecular weight is 285 g/mol. The first-order valence-electron chi connectivity index (χ1n) is 7.05. The van der Waals surface area contributed by atoms with Gasteiger partial charge in [-0.15, -0.1) is 10.2 Å². The molecule has 0 aliphatic carbocycles. The molecule has 0 radical (unpaired) electrons. The lowest BCUT2D eigenvalue weighted by atomic mass is 10.3. The normalized spacial score (nSPS) is 11.2. The molecule has 7 heteroatoms. The molecule has 3 aromatic heterocycles. The van der Waals surface area contributed by atoms with Gasteiger partial charge in [0.05, 0.1) is 5.69 Å². The van der Waals surface area contributed by atoms with E-state index in [9.17, 15) is 0 Å². The number of aryl methyl sites for hydroxylation is 4. The lowest BCUT2D eigenvalue weighted by Gasteiger charge is -2.09. The quantitative estimate of drug-likeness (QED) is 0.723. The van der Waals surface area contributed by atoms with Gasteiger partial charge in [-0.1, -0.05) is 0 Å². The van der Waals surface area contributed by atoms with Crippen molar-refractivity contribution in [1.29, 1.82) is 0 Å². The van der Waals surface area contributed by atoms with E-state index >= 15 is 0 Å². The number of fused-ring (bicyclic) bond motifs is 1. The maximum absolute atomic E-state index is 4.57. The Morgan fingerprint density at radius 1 is 1.14 bits per heavy atom. The maximum Gasteiger partial charge on any atom is 0.160 e. The Balaban J connectivity index is 1.73. The molecule has 3 rings (SSSR count). The average Bonchev–Trinajstić information content (AvgIpc) is 3.06. The first kappa shape index (κ1) is 13.5. The number of hydrogen-bond donors (Lipinski definition) is 1. The smallest absolute Gasteiger partial charge is 0.160 e. The Bertz CT molecular complexity index is 742. The van der Waals surface area contributed by atoms with Crippen LogP contribution >= 0.6 is 0 Å². The Hall–Kier alpha value is -2.44. The van der Waals surface area contributed by atoms with Crippen molar-refractivity contribution in [3.8, 4) is 0 Å². The third kappa shape index (κ3) is 2.72. The summed E-state index contributed by atoms with van der Waals surface area (Å²) in [6.07, 6.45) is 4.45. The topological polar surface area (TPSA) is 72.9 Å². The van der Waals surface area contributed by atoms with Crippen LogP contribution in [0.5, 0.6) is 0 Å². The molecule has 0 atom stereocenters. The summed E-state index contributed by atoms with van der Waals surface area (Å²) in [5.41, 5.74) is 4.06. The second-order valence-corrected chi connectivity index (χ2v) is 5.21. The van der Waals surface area contributed by atoms with E-state index in [-0.39, 0.29) is 0 Å². The minimum absolute atomic E-state index is 0.856. The monoisotopic (exact) mass is 285 g/mol. The van der Waals surface area contributed by atoms with Crippen LogP contribution in [0.4, 0.5) is 5.82 Å². The third-order valence-electron chi connectivity index (χ3n) is 3.55. The molecule has 21 heavy (non-hydrogen) atoms. The van der Waals surface area contributed by atoms with Crippen LogP contribution in [-0.4, -0.2) is 35.9 Å². The summed E-state index contributed by atoms with van der Waals surface area (Å²) >= 11 is 0. The van der Waals surface area contributed by atoms with Gasteiger partial charge in [-0.2, -0.15) is 9.61 Å². The van der Waals surface area contributed by atoms with Crippen LogP contribution in [0.15, 0.2) is 18.7 Å². The van der Waals surface area contributed by atoms with E-state index in [1.165, 1.54) is 0 Å². The van der Waals surface area contributed by atoms with Crippen molar-refractivity contribution < 1.29 is 0 Å². The predicted octanol–water partition coefficient (Wildman–Crippen LogP) is 1.75. The molecule has 0 saturated carbocycles. The fourth-order valence-electron chi connectivity index (χ4n) is 2.29. The first-order valence-corrected chi connectivity index (χ1v) is 7.05. The van der Waals surface area contributed by atoms with Gasteiger partial charge in [0.2, 0.25) is 0 Å². The zero-order valence-electron chi connectivity index (χ0n) is 12.5. The predicted molar refractivity (Wildman–Crippen MR) is 80.3 cm³/mol. The van der Waals surface area contributed by atoms with Crippen LogP contribution in [0, 0.1) is 20.8 Å². The highest BCUT2D eigenvalue weighted by Gasteiger charge is 2.10. The number of hydrogen-bond acceptors (Lipinski definition) is 5. The minimum atomic E-state index is 0.856. The molecule has 0 aliphatic rings. The molecule has 7 nitrogen and oxygen atoms in total. The van der Waals surface area contributed by atoms with E-state index in [0.29, 0.717) is 0 Å². The Morgan fingerprint density at radius 3 is 2.67 bits per heavy atom. The molecule has 0 amide bonds. The molecule has 0 fully saturated rings. The Labute approximate surface area is 123 Å². The summed E-state index contributed by atoms with van der Waals surface area (Å²) in [6, 6.07) is 2.03. The van der Waals surface area contributed by atoms with Gasteiger partial charge in [-0.25, -0.2) is 4.98 Å². The van der Waals surface area contributed by atoms with Crippen LogP contribution in [0.2, 0.25) is 0 Å². The summed E-state index contributed by atoms with van der Waals surface area (Å²) in [6.45, 7) is 7.82. The third-order valence-corrected chi connectivity index (χ3v) is 3.55. The van der Waals surface area contributed by atoms with Crippen molar-refractivity contribution >= 4 is 11.5 Å². The highest BCUT2D eigenvalue weighted by molar-refractivity contribution is 5.55. The second kappa shape index (κ2) is 5.51. The van der Waals surface area contributed by atoms with E-state index in [0.717, 1.165) is 47.9 Å². The van der Waals surface area contributed by atoms with E-state index < -0.39 is 0 Å². The molecule has 0 unspecified atom stereocenters. The highest BCUT2D eigenvalue weighted by atomic mass is 15.3. The molecule has 0 saturated heterocycles. The van der Waals surface area contributed by atoms with Gasteiger partial charge in [-0.05, 0) is 27.2 Å². The van der Waals surface area contributed by atoms with Gasteiger partial charge in [0.15, 0.2) is 5.65 Å². The van der Waals surface area contributed by atoms with E-state index in [1.54, 1.807) is 12.7 Å².